The fourth-order valence-corrected chi connectivity index (χ4v) is 1.56. The first-order chi connectivity index (χ1) is 8.47. The Morgan fingerprint density at radius 2 is 1.89 bits per heavy atom. The van der Waals surface area contributed by atoms with Crippen molar-refractivity contribution in [3.8, 4) is 11.4 Å². The van der Waals surface area contributed by atoms with E-state index in [-0.39, 0.29) is 11.1 Å². The summed E-state index contributed by atoms with van der Waals surface area (Å²) in [5.41, 5.74) is 1.15. The highest BCUT2D eigenvalue weighted by Crippen LogP contribution is 2.21. The third-order valence-corrected chi connectivity index (χ3v) is 2.60. The Morgan fingerprint density at radius 1 is 1.17 bits per heavy atom. The fourth-order valence-electron chi connectivity index (χ4n) is 1.40. The lowest BCUT2D eigenvalue weighted by Crippen LogP contribution is -2.14. The molecule has 0 bridgehead atoms. The van der Waals surface area contributed by atoms with Gasteiger partial charge in [0.1, 0.15) is 5.82 Å². The standard InChI is InChI=1S/C12H12ClFN4/c1-7-4-5-8(6-9(7)14)10-15-11(13)17-12(16-10)18(2)3/h4-6H,1-3H3. The van der Waals surface area contributed by atoms with Gasteiger partial charge in [-0.15, -0.1) is 0 Å². The SMILES string of the molecule is Cc1ccc(-c2nc(Cl)nc(N(C)C)n2)cc1F. The van der Waals surface area contributed by atoms with Gasteiger partial charge in [0.15, 0.2) is 5.82 Å². The van der Waals surface area contributed by atoms with Crippen molar-refractivity contribution in [2.45, 2.75) is 6.92 Å². The van der Waals surface area contributed by atoms with E-state index in [0.717, 1.165) is 0 Å². The minimum absolute atomic E-state index is 0.0877. The molecular weight excluding hydrogens is 255 g/mol. The maximum absolute atomic E-state index is 13.5. The van der Waals surface area contributed by atoms with Crippen LogP contribution < -0.4 is 4.90 Å². The molecule has 0 aliphatic rings. The largest absolute Gasteiger partial charge is 0.347 e. The van der Waals surface area contributed by atoms with Gasteiger partial charge in [0.25, 0.3) is 0 Å². The van der Waals surface area contributed by atoms with E-state index < -0.39 is 0 Å². The highest BCUT2D eigenvalue weighted by Gasteiger charge is 2.10. The van der Waals surface area contributed by atoms with Crippen molar-refractivity contribution in [1.29, 1.82) is 0 Å². The Bertz CT molecular complexity index is 586. The molecule has 94 valence electrons. The topological polar surface area (TPSA) is 41.9 Å². The molecule has 1 heterocycles. The Morgan fingerprint density at radius 3 is 2.50 bits per heavy atom. The lowest BCUT2D eigenvalue weighted by Gasteiger charge is -2.11. The maximum Gasteiger partial charge on any atom is 0.229 e. The molecule has 0 fully saturated rings. The molecule has 0 atom stereocenters. The van der Waals surface area contributed by atoms with Crippen LogP contribution in [0.25, 0.3) is 11.4 Å². The predicted molar refractivity (Wildman–Crippen MR) is 69.3 cm³/mol. The van der Waals surface area contributed by atoms with Crippen LogP contribution in [0.5, 0.6) is 0 Å². The minimum atomic E-state index is -0.296. The Balaban J connectivity index is 2.53. The van der Waals surface area contributed by atoms with Crippen LogP contribution in [-0.2, 0) is 0 Å². The molecule has 0 radical (unpaired) electrons. The Hall–Kier alpha value is -1.75. The number of aryl methyl sites for hydroxylation is 1. The summed E-state index contributed by atoms with van der Waals surface area (Å²) in [7, 11) is 3.59. The zero-order valence-electron chi connectivity index (χ0n) is 10.3. The van der Waals surface area contributed by atoms with E-state index in [1.165, 1.54) is 6.07 Å². The summed E-state index contributed by atoms with van der Waals surface area (Å²) < 4.78 is 13.5. The molecule has 4 nitrogen and oxygen atoms in total. The predicted octanol–water partition coefficient (Wildman–Crippen LogP) is 2.71. The molecular formula is C12H12ClFN4. The highest BCUT2D eigenvalue weighted by atomic mass is 35.5. The van der Waals surface area contributed by atoms with Gasteiger partial charge in [-0.25, -0.2) is 4.39 Å². The molecule has 2 aromatic rings. The number of anilines is 1. The number of halogens is 2. The summed E-state index contributed by atoms with van der Waals surface area (Å²) in [5.74, 6) is 0.499. The van der Waals surface area contributed by atoms with Crippen molar-refractivity contribution in [2.75, 3.05) is 19.0 Å². The number of hydrogen-bond acceptors (Lipinski definition) is 4. The van der Waals surface area contributed by atoms with Crippen LogP contribution in [0, 0.1) is 12.7 Å². The second-order valence-corrected chi connectivity index (χ2v) is 4.42. The van der Waals surface area contributed by atoms with Crippen molar-refractivity contribution in [3.05, 3.63) is 34.9 Å². The van der Waals surface area contributed by atoms with Gasteiger partial charge in [0.2, 0.25) is 11.2 Å². The van der Waals surface area contributed by atoms with Crippen molar-refractivity contribution in [1.82, 2.24) is 15.0 Å². The van der Waals surface area contributed by atoms with Crippen LogP contribution in [0.1, 0.15) is 5.56 Å². The summed E-state index contributed by atoms with van der Waals surface area (Å²) >= 11 is 5.83. The first-order valence-corrected chi connectivity index (χ1v) is 5.70. The van der Waals surface area contributed by atoms with Crippen LogP contribution in [0.3, 0.4) is 0 Å². The first-order valence-electron chi connectivity index (χ1n) is 5.33. The van der Waals surface area contributed by atoms with Gasteiger partial charge in [0, 0.05) is 19.7 Å². The second kappa shape index (κ2) is 4.86. The highest BCUT2D eigenvalue weighted by molar-refractivity contribution is 6.28. The number of nitrogens with zero attached hydrogens (tertiary/aromatic N) is 4. The quantitative estimate of drug-likeness (QED) is 0.838. The van der Waals surface area contributed by atoms with Crippen LogP contribution in [0.4, 0.5) is 10.3 Å². The molecule has 0 spiro atoms. The van der Waals surface area contributed by atoms with E-state index >= 15 is 0 Å². The third-order valence-electron chi connectivity index (χ3n) is 2.43. The van der Waals surface area contributed by atoms with E-state index in [1.807, 2.05) is 0 Å². The van der Waals surface area contributed by atoms with Gasteiger partial charge in [-0.05, 0) is 30.2 Å². The molecule has 1 aromatic carbocycles. The third kappa shape index (κ3) is 2.56. The van der Waals surface area contributed by atoms with Crippen molar-refractivity contribution in [3.63, 3.8) is 0 Å². The Kier molecular flexibility index (Phi) is 3.43. The zero-order chi connectivity index (χ0) is 13.3. The van der Waals surface area contributed by atoms with Gasteiger partial charge < -0.3 is 4.90 Å². The molecule has 1 aromatic heterocycles. The van der Waals surface area contributed by atoms with Crippen LogP contribution >= 0.6 is 11.6 Å². The van der Waals surface area contributed by atoms with Crippen molar-refractivity contribution in [2.24, 2.45) is 0 Å². The van der Waals surface area contributed by atoms with Crippen LogP contribution in [-0.4, -0.2) is 29.0 Å². The van der Waals surface area contributed by atoms with E-state index in [4.69, 9.17) is 11.6 Å². The summed E-state index contributed by atoms with van der Waals surface area (Å²) in [6, 6.07) is 4.82. The molecule has 0 N–H and O–H groups in total. The van der Waals surface area contributed by atoms with E-state index in [0.29, 0.717) is 22.9 Å². The number of aromatic nitrogens is 3. The normalized spacial score (nSPS) is 10.5. The monoisotopic (exact) mass is 266 g/mol. The van der Waals surface area contributed by atoms with Crippen LogP contribution in [0.2, 0.25) is 5.28 Å². The molecule has 0 saturated carbocycles. The molecule has 6 heteroatoms. The molecule has 18 heavy (non-hydrogen) atoms. The maximum atomic E-state index is 13.5. The van der Waals surface area contributed by atoms with Gasteiger partial charge >= 0.3 is 0 Å². The summed E-state index contributed by atoms with van der Waals surface area (Å²) in [6.07, 6.45) is 0. The van der Waals surface area contributed by atoms with E-state index in [2.05, 4.69) is 15.0 Å². The number of benzene rings is 1. The van der Waals surface area contributed by atoms with Crippen molar-refractivity contribution >= 4 is 17.5 Å². The van der Waals surface area contributed by atoms with Gasteiger partial charge in [-0.3, -0.25) is 0 Å². The Labute approximate surface area is 109 Å². The summed E-state index contributed by atoms with van der Waals surface area (Å²) in [5, 5.41) is 0.0877. The van der Waals surface area contributed by atoms with Gasteiger partial charge in [-0.2, -0.15) is 15.0 Å². The first kappa shape index (κ1) is 12.7. The average molecular weight is 267 g/mol. The van der Waals surface area contributed by atoms with Crippen LogP contribution in [0.15, 0.2) is 18.2 Å². The smallest absolute Gasteiger partial charge is 0.229 e. The lowest BCUT2D eigenvalue weighted by atomic mass is 10.1. The average Bonchev–Trinajstić information content (AvgIpc) is 2.31. The molecule has 0 unspecified atom stereocenters. The fraction of sp³-hybridized carbons (Fsp3) is 0.250. The van der Waals surface area contributed by atoms with Gasteiger partial charge in [-0.1, -0.05) is 12.1 Å². The lowest BCUT2D eigenvalue weighted by molar-refractivity contribution is 0.619. The minimum Gasteiger partial charge on any atom is -0.347 e. The van der Waals surface area contributed by atoms with Crippen molar-refractivity contribution < 1.29 is 4.39 Å². The molecule has 0 aliphatic heterocycles. The van der Waals surface area contributed by atoms with Gasteiger partial charge in [0.05, 0.1) is 0 Å². The molecule has 0 amide bonds. The molecule has 0 saturated heterocycles. The second-order valence-electron chi connectivity index (χ2n) is 4.09. The molecule has 0 aliphatic carbocycles. The zero-order valence-corrected chi connectivity index (χ0v) is 11.0. The van der Waals surface area contributed by atoms with E-state index in [1.54, 1.807) is 38.1 Å². The number of rotatable bonds is 2. The molecule has 2 rings (SSSR count). The van der Waals surface area contributed by atoms with E-state index in [9.17, 15) is 4.39 Å². The summed E-state index contributed by atoms with van der Waals surface area (Å²) in [6.45, 7) is 1.70. The number of hydrogen-bond donors (Lipinski definition) is 0. The summed E-state index contributed by atoms with van der Waals surface area (Å²) in [4.78, 5) is 13.9.